The first kappa shape index (κ1) is 14.8. The molecule has 0 unspecified atom stereocenters. The zero-order valence-corrected chi connectivity index (χ0v) is 11.3. The molecule has 19 heavy (non-hydrogen) atoms. The predicted molar refractivity (Wildman–Crippen MR) is 76.1 cm³/mol. The summed E-state index contributed by atoms with van der Waals surface area (Å²) in [5.74, 6) is 0.0458. The fourth-order valence-electron chi connectivity index (χ4n) is 1.38. The average Bonchev–Trinajstić information content (AvgIpc) is 2.38. The highest BCUT2D eigenvalue weighted by Crippen LogP contribution is 2.10. The highest BCUT2D eigenvalue weighted by molar-refractivity contribution is 5.89. The minimum absolute atomic E-state index is 0.0458. The Morgan fingerprint density at radius 3 is 2.42 bits per heavy atom. The molecule has 0 fully saturated rings. The van der Waals surface area contributed by atoms with Gasteiger partial charge in [-0.15, -0.1) is 6.58 Å². The van der Waals surface area contributed by atoms with Crippen LogP contribution in [0, 0.1) is 0 Å². The van der Waals surface area contributed by atoms with Crippen LogP contribution in [0.3, 0.4) is 0 Å². The third-order valence-corrected chi connectivity index (χ3v) is 2.47. The van der Waals surface area contributed by atoms with E-state index < -0.39 is 0 Å². The maximum absolute atomic E-state index is 11.5. The maximum Gasteiger partial charge on any atom is 0.319 e. The number of rotatable bonds is 5. The van der Waals surface area contributed by atoms with E-state index in [1.807, 2.05) is 12.1 Å². The number of anilines is 1. The molecule has 0 aliphatic heterocycles. The van der Waals surface area contributed by atoms with Gasteiger partial charge in [-0.25, -0.2) is 4.79 Å². The van der Waals surface area contributed by atoms with Gasteiger partial charge < -0.3 is 15.5 Å². The van der Waals surface area contributed by atoms with E-state index in [1.165, 1.54) is 0 Å². The van der Waals surface area contributed by atoms with Gasteiger partial charge in [0.15, 0.2) is 0 Å². The minimum atomic E-state index is -0.281. The molecular formula is C14H19N3O2. The van der Waals surface area contributed by atoms with E-state index in [0.29, 0.717) is 18.7 Å². The second kappa shape index (κ2) is 7.20. The summed E-state index contributed by atoms with van der Waals surface area (Å²) in [7, 11) is 3.45. The zero-order valence-electron chi connectivity index (χ0n) is 11.3. The van der Waals surface area contributed by atoms with Crippen LogP contribution >= 0.6 is 0 Å². The molecule has 0 saturated carbocycles. The molecule has 0 aliphatic rings. The second-order valence-electron chi connectivity index (χ2n) is 4.29. The van der Waals surface area contributed by atoms with Gasteiger partial charge in [-0.1, -0.05) is 18.2 Å². The molecule has 5 nitrogen and oxygen atoms in total. The predicted octanol–water partition coefficient (Wildman–Crippen LogP) is 1.62. The Morgan fingerprint density at radius 1 is 1.26 bits per heavy atom. The van der Waals surface area contributed by atoms with Gasteiger partial charge in [0, 0.05) is 26.3 Å². The number of carbonyl (C=O) groups excluding carboxylic acids is 2. The zero-order chi connectivity index (χ0) is 14.3. The smallest absolute Gasteiger partial charge is 0.319 e. The van der Waals surface area contributed by atoms with E-state index in [9.17, 15) is 9.59 Å². The molecule has 1 aromatic carbocycles. The molecule has 0 spiro atoms. The third-order valence-electron chi connectivity index (χ3n) is 2.47. The Labute approximate surface area is 113 Å². The molecule has 2 N–H and O–H groups in total. The first-order chi connectivity index (χ1) is 9.02. The van der Waals surface area contributed by atoms with Crippen LogP contribution in [-0.4, -0.2) is 37.5 Å². The molecule has 0 saturated heterocycles. The van der Waals surface area contributed by atoms with Crippen molar-refractivity contribution in [3.8, 4) is 0 Å². The van der Waals surface area contributed by atoms with Crippen LogP contribution < -0.4 is 10.6 Å². The summed E-state index contributed by atoms with van der Waals surface area (Å²) < 4.78 is 0. The number of benzene rings is 1. The van der Waals surface area contributed by atoms with E-state index in [-0.39, 0.29) is 11.9 Å². The lowest BCUT2D eigenvalue weighted by molar-refractivity contribution is -0.127. The highest BCUT2D eigenvalue weighted by atomic mass is 16.2. The van der Waals surface area contributed by atoms with Crippen molar-refractivity contribution in [1.82, 2.24) is 10.2 Å². The fraction of sp³-hybridized carbons (Fsp3) is 0.286. The number of amides is 3. The summed E-state index contributed by atoms with van der Waals surface area (Å²) >= 11 is 0. The van der Waals surface area contributed by atoms with Crippen LogP contribution in [0.4, 0.5) is 10.5 Å². The topological polar surface area (TPSA) is 61.4 Å². The van der Waals surface area contributed by atoms with E-state index in [2.05, 4.69) is 17.2 Å². The number of hydrogen-bond acceptors (Lipinski definition) is 2. The van der Waals surface area contributed by atoms with Crippen LogP contribution in [0.2, 0.25) is 0 Å². The Kier molecular flexibility index (Phi) is 5.60. The SMILES string of the molecule is C=CCNC(=O)Nc1ccc(CC(=O)N(C)C)cc1. The molecule has 5 heteroatoms. The number of nitrogens with zero attached hydrogens (tertiary/aromatic N) is 1. The molecule has 1 rings (SSSR count). The van der Waals surface area contributed by atoms with Crippen molar-refractivity contribution >= 4 is 17.6 Å². The van der Waals surface area contributed by atoms with Crippen molar-refractivity contribution in [2.24, 2.45) is 0 Å². The Hall–Kier alpha value is -2.30. The van der Waals surface area contributed by atoms with Gasteiger partial charge in [0.25, 0.3) is 0 Å². The lowest BCUT2D eigenvalue weighted by Gasteiger charge is -2.10. The maximum atomic E-state index is 11.5. The fourth-order valence-corrected chi connectivity index (χ4v) is 1.38. The molecule has 0 heterocycles. The standard InChI is InChI=1S/C14H19N3O2/c1-4-9-15-14(19)16-12-7-5-11(6-8-12)10-13(18)17(2)3/h4-8H,1,9-10H2,2-3H3,(H2,15,16,19). The van der Waals surface area contributed by atoms with E-state index in [1.54, 1.807) is 37.2 Å². The number of nitrogens with one attached hydrogen (secondary N) is 2. The summed E-state index contributed by atoms with van der Waals surface area (Å²) in [4.78, 5) is 24.5. The van der Waals surface area contributed by atoms with Gasteiger partial charge in [0.2, 0.25) is 5.91 Å². The van der Waals surface area contributed by atoms with Crippen molar-refractivity contribution in [2.75, 3.05) is 26.0 Å². The molecule has 0 bridgehead atoms. The molecule has 1 aromatic rings. The Balaban J connectivity index is 2.54. The van der Waals surface area contributed by atoms with Crippen LogP contribution in [0.25, 0.3) is 0 Å². The average molecular weight is 261 g/mol. The summed E-state index contributed by atoms with van der Waals surface area (Å²) in [6.45, 7) is 3.93. The van der Waals surface area contributed by atoms with Gasteiger partial charge >= 0.3 is 6.03 Å². The Bertz CT molecular complexity index is 452. The van der Waals surface area contributed by atoms with Crippen molar-refractivity contribution < 1.29 is 9.59 Å². The molecule has 0 radical (unpaired) electrons. The molecule has 0 aromatic heterocycles. The minimum Gasteiger partial charge on any atom is -0.349 e. The van der Waals surface area contributed by atoms with E-state index in [0.717, 1.165) is 5.56 Å². The molecule has 3 amide bonds. The van der Waals surface area contributed by atoms with Crippen molar-refractivity contribution in [3.63, 3.8) is 0 Å². The quantitative estimate of drug-likeness (QED) is 0.791. The van der Waals surface area contributed by atoms with Crippen LogP contribution in [0.15, 0.2) is 36.9 Å². The summed E-state index contributed by atoms with van der Waals surface area (Å²) in [5.41, 5.74) is 1.60. The second-order valence-corrected chi connectivity index (χ2v) is 4.29. The first-order valence-corrected chi connectivity index (χ1v) is 5.97. The monoisotopic (exact) mass is 261 g/mol. The summed E-state index contributed by atoms with van der Waals surface area (Å²) in [6.07, 6.45) is 1.96. The lowest BCUT2D eigenvalue weighted by Crippen LogP contribution is -2.28. The van der Waals surface area contributed by atoms with Gasteiger partial charge in [0.05, 0.1) is 6.42 Å². The van der Waals surface area contributed by atoms with Crippen molar-refractivity contribution in [1.29, 1.82) is 0 Å². The van der Waals surface area contributed by atoms with E-state index in [4.69, 9.17) is 0 Å². The van der Waals surface area contributed by atoms with Crippen LogP contribution in [-0.2, 0) is 11.2 Å². The molecule has 102 valence electrons. The van der Waals surface area contributed by atoms with Crippen molar-refractivity contribution in [3.05, 3.63) is 42.5 Å². The van der Waals surface area contributed by atoms with Gasteiger partial charge in [-0.3, -0.25) is 4.79 Å². The number of hydrogen-bond donors (Lipinski definition) is 2. The number of likely N-dealkylation sites (N-methyl/N-ethyl adjacent to an activating group) is 1. The van der Waals surface area contributed by atoms with Crippen molar-refractivity contribution in [2.45, 2.75) is 6.42 Å². The number of urea groups is 1. The van der Waals surface area contributed by atoms with Gasteiger partial charge in [-0.2, -0.15) is 0 Å². The third kappa shape index (κ3) is 5.25. The lowest BCUT2D eigenvalue weighted by atomic mass is 10.1. The highest BCUT2D eigenvalue weighted by Gasteiger charge is 2.06. The molecule has 0 aliphatic carbocycles. The van der Waals surface area contributed by atoms with E-state index >= 15 is 0 Å². The van der Waals surface area contributed by atoms with Crippen LogP contribution in [0.5, 0.6) is 0 Å². The van der Waals surface area contributed by atoms with Crippen LogP contribution in [0.1, 0.15) is 5.56 Å². The number of carbonyl (C=O) groups is 2. The first-order valence-electron chi connectivity index (χ1n) is 5.97. The van der Waals surface area contributed by atoms with Gasteiger partial charge in [-0.05, 0) is 17.7 Å². The summed E-state index contributed by atoms with van der Waals surface area (Å²) in [6, 6.07) is 6.91. The van der Waals surface area contributed by atoms with Gasteiger partial charge in [0.1, 0.15) is 0 Å². The Morgan fingerprint density at radius 2 is 1.89 bits per heavy atom. The molecule has 0 atom stereocenters. The summed E-state index contributed by atoms with van der Waals surface area (Å²) in [5, 5.41) is 5.30. The molecular weight excluding hydrogens is 242 g/mol. The largest absolute Gasteiger partial charge is 0.349 e. The normalized spacial score (nSPS) is 9.58.